The molecule has 2 rings (SSSR count). The fourth-order valence-corrected chi connectivity index (χ4v) is 2.90. The van der Waals surface area contributed by atoms with Crippen LogP contribution in [0, 0.1) is 0 Å². The van der Waals surface area contributed by atoms with Crippen molar-refractivity contribution in [1.29, 1.82) is 0 Å². The van der Waals surface area contributed by atoms with E-state index in [1.54, 1.807) is 0 Å². The number of nitrogens with zero attached hydrogens (tertiary/aromatic N) is 2. The van der Waals surface area contributed by atoms with Crippen LogP contribution in [0.1, 0.15) is 32.1 Å². The Hall–Kier alpha value is -0.120. The fraction of sp³-hybridized carbons (Fsp3) is 1.00. The monoisotopic (exact) mass is 212 g/mol. The third kappa shape index (κ3) is 3.16. The summed E-state index contributed by atoms with van der Waals surface area (Å²) in [6.45, 7) is 4.83. The number of hydrogen-bond donors (Lipinski definition) is 1. The van der Waals surface area contributed by atoms with Crippen molar-refractivity contribution >= 4 is 0 Å². The van der Waals surface area contributed by atoms with E-state index >= 15 is 0 Å². The minimum absolute atomic E-state index is 0.0373. The van der Waals surface area contributed by atoms with Crippen molar-refractivity contribution in [2.45, 2.75) is 44.2 Å². The summed E-state index contributed by atoms with van der Waals surface area (Å²) in [5, 5.41) is 9.70. The molecule has 1 aliphatic carbocycles. The molecule has 1 aliphatic heterocycles. The molecule has 1 heterocycles. The van der Waals surface area contributed by atoms with Gasteiger partial charge < -0.3 is 10.0 Å². The molecule has 1 saturated heterocycles. The van der Waals surface area contributed by atoms with Gasteiger partial charge >= 0.3 is 0 Å². The van der Waals surface area contributed by atoms with Gasteiger partial charge in [0.25, 0.3) is 0 Å². The summed E-state index contributed by atoms with van der Waals surface area (Å²) < 4.78 is 0. The van der Waals surface area contributed by atoms with E-state index < -0.39 is 0 Å². The van der Waals surface area contributed by atoms with Gasteiger partial charge in [0.2, 0.25) is 0 Å². The molecule has 3 nitrogen and oxygen atoms in total. The van der Waals surface area contributed by atoms with E-state index in [0.29, 0.717) is 6.04 Å². The molecular weight excluding hydrogens is 188 g/mol. The smallest absolute Gasteiger partial charge is 0.0555 e. The van der Waals surface area contributed by atoms with Crippen LogP contribution >= 0.6 is 0 Å². The molecule has 3 heteroatoms. The summed E-state index contributed by atoms with van der Waals surface area (Å²) in [4.78, 5) is 5.02. The largest absolute Gasteiger partial charge is 0.393 e. The van der Waals surface area contributed by atoms with Gasteiger partial charge in [-0.25, -0.2) is 0 Å². The van der Waals surface area contributed by atoms with Crippen molar-refractivity contribution in [3.05, 3.63) is 0 Å². The first kappa shape index (κ1) is 11.4. The van der Waals surface area contributed by atoms with Gasteiger partial charge in [-0.3, -0.25) is 4.90 Å². The molecule has 0 aromatic rings. The van der Waals surface area contributed by atoms with E-state index in [4.69, 9.17) is 0 Å². The molecule has 0 aromatic heterocycles. The lowest BCUT2D eigenvalue weighted by molar-refractivity contribution is 0.0636. The third-order valence-electron chi connectivity index (χ3n) is 3.89. The van der Waals surface area contributed by atoms with Gasteiger partial charge in [0, 0.05) is 19.1 Å². The Morgan fingerprint density at radius 3 is 2.67 bits per heavy atom. The van der Waals surface area contributed by atoms with Crippen LogP contribution in [-0.2, 0) is 0 Å². The lowest BCUT2D eigenvalue weighted by Gasteiger charge is -2.35. The van der Waals surface area contributed by atoms with Crippen LogP contribution in [0.25, 0.3) is 0 Å². The van der Waals surface area contributed by atoms with E-state index in [0.717, 1.165) is 12.8 Å². The molecule has 0 radical (unpaired) electrons. The number of likely N-dealkylation sites (N-methyl/N-ethyl adjacent to an activating group) is 1. The van der Waals surface area contributed by atoms with E-state index in [-0.39, 0.29) is 6.10 Å². The van der Waals surface area contributed by atoms with Crippen LogP contribution in [0.5, 0.6) is 0 Å². The second-order valence-electron chi connectivity index (χ2n) is 5.17. The average Bonchev–Trinajstić information content (AvgIpc) is 2.43. The molecule has 0 amide bonds. The van der Waals surface area contributed by atoms with Crippen LogP contribution in [0.3, 0.4) is 0 Å². The summed E-state index contributed by atoms with van der Waals surface area (Å²) in [6, 6.07) is 0.653. The maximum atomic E-state index is 9.70. The van der Waals surface area contributed by atoms with Crippen LogP contribution in [-0.4, -0.2) is 60.3 Å². The average molecular weight is 212 g/mol. The van der Waals surface area contributed by atoms with Crippen LogP contribution in [0.2, 0.25) is 0 Å². The predicted molar refractivity (Wildman–Crippen MR) is 61.9 cm³/mol. The van der Waals surface area contributed by atoms with Crippen molar-refractivity contribution in [3.63, 3.8) is 0 Å². The zero-order valence-corrected chi connectivity index (χ0v) is 9.86. The highest BCUT2D eigenvalue weighted by molar-refractivity contribution is 4.81. The second-order valence-corrected chi connectivity index (χ2v) is 5.17. The van der Waals surface area contributed by atoms with Gasteiger partial charge in [0.15, 0.2) is 0 Å². The molecule has 2 unspecified atom stereocenters. The summed E-state index contributed by atoms with van der Waals surface area (Å²) >= 11 is 0. The standard InChI is InChI=1S/C12H24N2O/c1-13-6-3-7-14(9-8-13)11-4-2-5-12(15)10-11/h11-12,15H,2-10H2,1H3. The molecule has 2 atom stereocenters. The van der Waals surface area contributed by atoms with Gasteiger partial charge in [-0.2, -0.15) is 0 Å². The van der Waals surface area contributed by atoms with Crippen LogP contribution in [0.15, 0.2) is 0 Å². The zero-order valence-electron chi connectivity index (χ0n) is 9.86. The first-order valence-electron chi connectivity index (χ1n) is 6.36. The van der Waals surface area contributed by atoms with Crippen LogP contribution in [0.4, 0.5) is 0 Å². The molecule has 2 fully saturated rings. The summed E-state index contributed by atoms with van der Waals surface area (Å²) in [5.41, 5.74) is 0. The van der Waals surface area contributed by atoms with Gasteiger partial charge in [-0.1, -0.05) is 0 Å². The number of aliphatic hydroxyl groups is 1. The molecular formula is C12H24N2O. The SMILES string of the molecule is CN1CCCN(C2CCCC(O)C2)CC1. The molecule has 0 bridgehead atoms. The summed E-state index contributed by atoms with van der Waals surface area (Å²) in [5.74, 6) is 0. The van der Waals surface area contributed by atoms with Crippen molar-refractivity contribution in [3.8, 4) is 0 Å². The quantitative estimate of drug-likeness (QED) is 0.700. The third-order valence-corrected chi connectivity index (χ3v) is 3.89. The maximum absolute atomic E-state index is 9.70. The van der Waals surface area contributed by atoms with Gasteiger partial charge in [0.05, 0.1) is 6.10 Å². The van der Waals surface area contributed by atoms with Crippen molar-refractivity contribution in [1.82, 2.24) is 9.80 Å². The maximum Gasteiger partial charge on any atom is 0.0555 e. The lowest BCUT2D eigenvalue weighted by atomic mass is 9.92. The van der Waals surface area contributed by atoms with Crippen molar-refractivity contribution in [2.75, 3.05) is 33.2 Å². The predicted octanol–water partition coefficient (Wildman–Crippen LogP) is 0.927. The highest BCUT2D eigenvalue weighted by Gasteiger charge is 2.26. The first-order valence-corrected chi connectivity index (χ1v) is 6.36. The number of hydrogen-bond acceptors (Lipinski definition) is 3. The number of aliphatic hydroxyl groups excluding tert-OH is 1. The molecule has 2 aliphatic rings. The van der Waals surface area contributed by atoms with Crippen LogP contribution < -0.4 is 0 Å². The molecule has 15 heavy (non-hydrogen) atoms. The Kier molecular flexibility index (Phi) is 4.00. The normalized spacial score (nSPS) is 36.4. The van der Waals surface area contributed by atoms with Crippen molar-refractivity contribution in [2.24, 2.45) is 0 Å². The lowest BCUT2D eigenvalue weighted by Crippen LogP contribution is -2.42. The van der Waals surface area contributed by atoms with E-state index in [1.807, 2.05) is 0 Å². The van der Waals surface area contributed by atoms with Gasteiger partial charge in [-0.15, -0.1) is 0 Å². The fourth-order valence-electron chi connectivity index (χ4n) is 2.90. The van der Waals surface area contributed by atoms with Gasteiger partial charge in [-0.05, 0) is 52.2 Å². The van der Waals surface area contributed by atoms with E-state index in [9.17, 15) is 5.11 Å². The minimum Gasteiger partial charge on any atom is -0.393 e. The van der Waals surface area contributed by atoms with Crippen molar-refractivity contribution < 1.29 is 5.11 Å². The molecule has 0 aromatic carbocycles. The van der Waals surface area contributed by atoms with E-state index in [2.05, 4.69) is 16.8 Å². The molecule has 0 spiro atoms. The molecule has 1 saturated carbocycles. The Bertz CT molecular complexity index is 198. The minimum atomic E-state index is -0.0373. The Labute approximate surface area is 93.1 Å². The Balaban J connectivity index is 1.85. The summed E-state index contributed by atoms with van der Waals surface area (Å²) in [7, 11) is 2.21. The summed E-state index contributed by atoms with van der Waals surface area (Å²) in [6.07, 6.45) is 5.76. The first-order chi connectivity index (χ1) is 7.25. The topological polar surface area (TPSA) is 26.7 Å². The van der Waals surface area contributed by atoms with E-state index in [1.165, 1.54) is 45.4 Å². The number of rotatable bonds is 1. The molecule has 88 valence electrons. The second kappa shape index (κ2) is 5.28. The highest BCUT2D eigenvalue weighted by atomic mass is 16.3. The highest BCUT2D eigenvalue weighted by Crippen LogP contribution is 2.23. The Morgan fingerprint density at radius 1 is 1.00 bits per heavy atom. The Morgan fingerprint density at radius 2 is 1.87 bits per heavy atom. The molecule has 1 N–H and O–H groups in total. The zero-order chi connectivity index (χ0) is 10.7. The van der Waals surface area contributed by atoms with Gasteiger partial charge in [0.1, 0.15) is 0 Å².